The first-order chi connectivity index (χ1) is 15.0. The van der Waals surface area contributed by atoms with E-state index in [2.05, 4.69) is 19.7 Å². The van der Waals surface area contributed by atoms with E-state index >= 15 is 0 Å². The van der Waals surface area contributed by atoms with Gasteiger partial charge in [-0.3, -0.25) is 4.98 Å². The summed E-state index contributed by atoms with van der Waals surface area (Å²) in [5.74, 6) is -2.70. The Kier molecular flexibility index (Phi) is 5.75. The molecule has 0 amide bonds. The molecule has 0 spiro atoms. The van der Waals surface area contributed by atoms with E-state index in [1.807, 2.05) is 30.0 Å². The molecule has 0 N–H and O–H groups in total. The molecule has 3 heterocycles. The number of fused-ring (bicyclic) bond motifs is 1. The summed E-state index contributed by atoms with van der Waals surface area (Å²) in [5, 5.41) is 0. The first-order valence-corrected chi connectivity index (χ1v) is 9.70. The highest BCUT2D eigenvalue weighted by Gasteiger charge is 2.28. The second kappa shape index (κ2) is 8.63. The van der Waals surface area contributed by atoms with E-state index in [0.29, 0.717) is 30.2 Å². The molecule has 1 aliphatic heterocycles. The molecule has 0 aliphatic carbocycles. The van der Waals surface area contributed by atoms with Crippen LogP contribution in [0.4, 0.5) is 14.5 Å². The molecular weight excluding hydrogens is 406 g/mol. The fourth-order valence-corrected chi connectivity index (χ4v) is 3.55. The van der Waals surface area contributed by atoms with Gasteiger partial charge in [0.25, 0.3) is 0 Å². The highest BCUT2D eigenvalue weighted by Crippen LogP contribution is 2.36. The lowest BCUT2D eigenvalue weighted by Crippen LogP contribution is -2.35. The molecule has 0 bridgehead atoms. The Morgan fingerprint density at radius 2 is 2.10 bits per heavy atom. The van der Waals surface area contributed by atoms with Gasteiger partial charge in [-0.05, 0) is 19.1 Å². The number of carbonyl (C=O) groups excluding carboxylic acids is 1. The topological polar surface area (TPSA) is 77.4 Å². The first-order valence-electron chi connectivity index (χ1n) is 9.70. The average Bonchev–Trinajstić information content (AvgIpc) is 2.80. The van der Waals surface area contributed by atoms with Crippen molar-refractivity contribution in [2.75, 3.05) is 25.2 Å². The summed E-state index contributed by atoms with van der Waals surface area (Å²) in [4.78, 5) is 26.6. The lowest BCUT2D eigenvalue weighted by atomic mass is 9.98. The van der Waals surface area contributed by atoms with E-state index in [1.54, 1.807) is 12.4 Å². The van der Waals surface area contributed by atoms with Crippen LogP contribution in [0.2, 0.25) is 0 Å². The number of pyridine rings is 1. The number of benzene rings is 1. The molecule has 160 valence electrons. The number of carbonyl (C=O) groups is 1. The van der Waals surface area contributed by atoms with Gasteiger partial charge in [0, 0.05) is 48.7 Å². The predicted octanol–water partition coefficient (Wildman–Crippen LogP) is 3.49. The lowest BCUT2D eigenvalue weighted by molar-refractivity contribution is -0.142. The van der Waals surface area contributed by atoms with Gasteiger partial charge in [-0.15, -0.1) is 0 Å². The molecule has 0 saturated carbocycles. The summed E-state index contributed by atoms with van der Waals surface area (Å²) < 4.78 is 38.0. The van der Waals surface area contributed by atoms with Gasteiger partial charge < -0.3 is 14.4 Å². The van der Waals surface area contributed by atoms with E-state index in [0.717, 1.165) is 17.3 Å². The minimum atomic E-state index is -1.15. The Balaban J connectivity index is 1.61. The number of anilines is 1. The van der Waals surface area contributed by atoms with Gasteiger partial charge in [0.1, 0.15) is 5.69 Å². The van der Waals surface area contributed by atoms with Crippen molar-refractivity contribution in [1.29, 1.82) is 0 Å². The summed E-state index contributed by atoms with van der Waals surface area (Å²) in [6, 6.07) is 7.86. The Labute approximate surface area is 177 Å². The van der Waals surface area contributed by atoms with Crippen LogP contribution in [0, 0.1) is 11.6 Å². The molecule has 1 unspecified atom stereocenters. The van der Waals surface area contributed by atoms with Crippen molar-refractivity contribution in [1.82, 2.24) is 15.0 Å². The van der Waals surface area contributed by atoms with Crippen LogP contribution in [0.25, 0.3) is 11.5 Å². The largest absolute Gasteiger partial charge is 0.479 e. The maximum absolute atomic E-state index is 14.2. The molecule has 4 rings (SSSR count). The zero-order valence-corrected chi connectivity index (χ0v) is 17.0. The van der Waals surface area contributed by atoms with Crippen LogP contribution in [0.5, 0.6) is 5.75 Å². The van der Waals surface area contributed by atoms with Crippen molar-refractivity contribution >= 4 is 11.7 Å². The minimum Gasteiger partial charge on any atom is -0.479 e. The molecule has 1 atom stereocenters. The SMILES string of the molecule is COC(=O)COc1cc(N2CCc3nc(-c4ccccn4)ncc3C2C)cc(F)c1F. The highest BCUT2D eigenvalue weighted by atomic mass is 19.2. The molecule has 1 aromatic carbocycles. The van der Waals surface area contributed by atoms with Crippen molar-refractivity contribution in [3.63, 3.8) is 0 Å². The Bertz CT molecular complexity index is 1110. The fraction of sp³-hybridized carbons (Fsp3) is 0.273. The highest BCUT2D eigenvalue weighted by molar-refractivity contribution is 5.71. The number of hydrogen-bond donors (Lipinski definition) is 0. The molecular formula is C22H20F2N4O3. The summed E-state index contributed by atoms with van der Waals surface area (Å²) in [6.07, 6.45) is 4.03. The number of esters is 1. The van der Waals surface area contributed by atoms with Gasteiger partial charge in [0.2, 0.25) is 5.82 Å². The number of ether oxygens (including phenoxy) is 2. The van der Waals surface area contributed by atoms with Crippen molar-refractivity contribution in [2.45, 2.75) is 19.4 Å². The third-order valence-corrected chi connectivity index (χ3v) is 5.19. The van der Waals surface area contributed by atoms with Crippen LogP contribution >= 0.6 is 0 Å². The Morgan fingerprint density at radius 3 is 2.84 bits per heavy atom. The van der Waals surface area contributed by atoms with E-state index in [9.17, 15) is 13.6 Å². The number of halogens is 2. The predicted molar refractivity (Wildman–Crippen MR) is 109 cm³/mol. The molecule has 7 nitrogen and oxygen atoms in total. The van der Waals surface area contributed by atoms with E-state index in [-0.39, 0.29) is 11.8 Å². The standard InChI is InChI=1S/C22H20F2N4O3/c1-13-15-11-26-22(18-5-3-4-7-25-18)27-17(15)6-8-28(13)14-9-16(23)21(24)19(10-14)31-12-20(29)30-2/h3-5,7,9-11,13H,6,8,12H2,1-2H3. The molecule has 1 aliphatic rings. The van der Waals surface area contributed by atoms with Crippen molar-refractivity contribution in [3.05, 3.63) is 65.6 Å². The van der Waals surface area contributed by atoms with Crippen LogP contribution in [0.1, 0.15) is 24.2 Å². The van der Waals surface area contributed by atoms with Crippen LogP contribution in [0.3, 0.4) is 0 Å². The second-order valence-electron chi connectivity index (χ2n) is 7.03. The van der Waals surface area contributed by atoms with Gasteiger partial charge in [0.05, 0.1) is 18.8 Å². The minimum absolute atomic E-state index is 0.181. The lowest BCUT2D eigenvalue weighted by Gasteiger charge is -2.36. The van der Waals surface area contributed by atoms with Gasteiger partial charge >= 0.3 is 5.97 Å². The quantitative estimate of drug-likeness (QED) is 0.578. The fourth-order valence-electron chi connectivity index (χ4n) is 3.55. The summed E-state index contributed by atoms with van der Waals surface area (Å²) in [5.41, 5.74) is 2.91. The van der Waals surface area contributed by atoms with Gasteiger partial charge in [0.15, 0.2) is 24.0 Å². The van der Waals surface area contributed by atoms with Crippen molar-refractivity contribution in [2.24, 2.45) is 0 Å². The van der Waals surface area contributed by atoms with E-state index in [1.165, 1.54) is 13.2 Å². The molecule has 0 saturated heterocycles. The Hall–Kier alpha value is -3.62. The third kappa shape index (κ3) is 4.16. The monoisotopic (exact) mass is 426 g/mol. The summed E-state index contributed by atoms with van der Waals surface area (Å²) in [6.45, 7) is 1.96. The zero-order chi connectivity index (χ0) is 22.0. The van der Waals surface area contributed by atoms with Crippen LogP contribution in [-0.4, -0.2) is 41.2 Å². The number of hydrogen-bond acceptors (Lipinski definition) is 7. The van der Waals surface area contributed by atoms with Crippen molar-refractivity contribution in [3.8, 4) is 17.3 Å². The molecule has 2 aromatic heterocycles. The maximum atomic E-state index is 14.2. The van der Waals surface area contributed by atoms with Gasteiger partial charge in [-0.25, -0.2) is 19.2 Å². The molecule has 3 aromatic rings. The van der Waals surface area contributed by atoms with Gasteiger partial charge in [-0.1, -0.05) is 6.07 Å². The Morgan fingerprint density at radius 1 is 1.26 bits per heavy atom. The third-order valence-electron chi connectivity index (χ3n) is 5.19. The molecule has 9 heteroatoms. The smallest absolute Gasteiger partial charge is 0.343 e. The second-order valence-corrected chi connectivity index (χ2v) is 7.03. The normalized spacial score (nSPS) is 15.4. The molecule has 0 radical (unpaired) electrons. The molecule has 0 fully saturated rings. The van der Waals surface area contributed by atoms with Crippen molar-refractivity contribution < 1.29 is 23.0 Å². The number of methoxy groups -OCH3 is 1. The number of nitrogens with zero attached hydrogens (tertiary/aromatic N) is 4. The molecule has 31 heavy (non-hydrogen) atoms. The van der Waals surface area contributed by atoms with Crippen LogP contribution < -0.4 is 9.64 Å². The van der Waals surface area contributed by atoms with E-state index in [4.69, 9.17) is 4.74 Å². The average molecular weight is 426 g/mol. The number of aromatic nitrogens is 3. The summed E-state index contributed by atoms with van der Waals surface area (Å²) in [7, 11) is 1.19. The van der Waals surface area contributed by atoms with Crippen LogP contribution in [0.15, 0.2) is 42.7 Å². The maximum Gasteiger partial charge on any atom is 0.343 e. The zero-order valence-electron chi connectivity index (χ0n) is 17.0. The summed E-state index contributed by atoms with van der Waals surface area (Å²) >= 11 is 0. The number of rotatable bonds is 5. The van der Waals surface area contributed by atoms with E-state index < -0.39 is 24.2 Å². The van der Waals surface area contributed by atoms with Crippen LogP contribution in [-0.2, 0) is 16.0 Å². The van der Waals surface area contributed by atoms with Gasteiger partial charge in [-0.2, -0.15) is 4.39 Å². The first kappa shape index (κ1) is 20.6.